The number of hydrogen-bond donors (Lipinski definition) is 4. The molecule has 1 atom stereocenters. The fraction of sp³-hybridized carbons (Fsp3) is 0.222. The Hall–Kier alpha value is -1.75. The molecule has 0 amide bonds. The second-order valence-electron chi connectivity index (χ2n) is 3.11. The van der Waals surface area contributed by atoms with E-state index >= 15 is 0 Å². The number of rotatable bonds is 2. The van der Waals surface area contributed by atoms with Gasteiger partial charge in [0.05, 0.1) is 5.69 Å². The van der Waals surface area contributed by atoms with Gasteiger partial charge in [-0.25, -0.2) is 0 Å². The van der Waals surface area contributed by atoms with Crippen molar-refractivity contribution < 1.29 is 15.0 Å². The van der Waals surface area contributed by atoms with Gasteiger partial charge in [-0.2, -0.15) is 0 Å². The van der Waals surface area contributed by atoms with Gasteiger partial charge in [0.2, 0.25) is 0 Å². The molecule has 1 aromatic rings. The van der Waals surface area contributed by atoms with E-state index in [1.807, 2.05) is 0 Å². The van der Waals surface area contributed by atoms with E-state index in [2.05, 4.69) is 0 Å². The summed E-state index contributed by atoms with van der Waals surface area (Å²) in [6, 6.07) is 1.80. The molecule has 14 heavy (non-hydrogen) atoms. The van der Waals surface area contributed by atoms with Gasteiger partial charge in [-0.1, -0.05) is 6.07 Å². The zero-order valence-corrected chi connectivity index (χ0v) is 7.69. The van der Waals surface area contributed by atoms with Crippen molar-refractivity contribution in [3.63, 3.8) is 0 Å². The van der Waals surface area contributed by atoms with Crippen molar-refractivity contribution in [2.75, 3.05) is 5.73 Å². The summed E-state index contributed by atoms with van der Waals surface area (Å²) in [4.78, 5) is 10.6. The molecule has 0 heterocycles. The van der Waals surface area contributed by atoms with Crippen LogP contribution in [-0.4, -0.2) is 16.2 Å². The van der Waals surface area contributed by atoms with Crippen molar-refractivity contribution in [2.45, 2.75) is 13.0 Å². The fourth-order valence-corrected chi connectivity index (χ4v) is 1.21. The average molecular weight is 196 g/mol. The highest BCUT2D eigenvalue weighted by atomic mass is 16.4. The van der Waals surface area contributed by atoms with Crippen molar-refractivity contribution >= 4 is 11.7 Å². The summed E-state index contributed by atoms with van der Waals surface area (Å²) in [5, 5.41) is 18.1. The molecular weight excluding hydrogens is 184 g/mol. The zero-order valence-electron chi connectivity index (χ0n) is 7.69. The first-order chi connectivity index (χ1) is 6.43. The minimum atomic E-state index is -1.25. The standard InChI is InChI=1S/C9H12N2O3/c1-4-2-5(7(11)9(13)14)8(12)6(10)3-4/h2-3,7,12H,10-11H2,1H3,(H,13,14)/t7-/m0/s1. The second kappa shape index (κ2) is 3.55. The lowest BCUT2D eigenvalue weighted by Gasteiger charge is -2.11. The van der Waals surface area contributed by atoms with Crippen LogP contribution in [-0.2, 0) is 4.79 Å². The van der Waals surface area contributed by atoms with E-state index in [0.29, 0.717) is 0 Å². The monoisotopic (exact) mass is 196 g/mol. The molecule has 5 nitrogen and oxygen atoms in total. The number of nitrogens with two attached hydrogens (primary N) is 2. The third-order valence-electron chi connectivity index (χ3n) is 1.91. The Bertz CT molecular complexity index is 377. The van der Waals surface area contributed by atoms with Gasteiger partial charge in [-0.05, 0) is 18.6 Å². The van der Waals surface area contributed by atoms with Crippen molar-refractivity contribution in [2.24, 2.45) is 5.73 Å². The SMILES string of the molecule is Cc1cc(N)c(O)c([C@H](N)C(=O)O)c1. The Morgan fingerprint density at radius 1 is 1.50 bits per heavy atom. The average Bonchev–Trinajstić information content (AvgIpc) is 2.09. The summed E-state index contributed by atoms with van der Waals surface area (Å²) in [6.45, 7) is 1.74. The second-order valence-corrected chi connectivity index (χ2v) is 3.11. The topological polar surface area (TPSA) is 110 Å². The zero-order chi connectivity index (χ0) is 10.9. The number of aromatic hydroxyl groups is 1. The molecule has 5 heteroatoms. The number of carbonyl (C=O) groups is 1. The van der Waals surface area contributed by atoms with Crippen molar-refractivity contribution in [3.8, 4) is 5.75 Å². The van der Waals surface area contributed by atoms with Crippen LogP contribution in [0.4, 0.5) is 5.69 Å². The van der Waals surface area contributed by atoms with E-state index in [4.69, 9.17) is 16.6 Å². The molecule has 0 saturated carbocycles. The quantitative estimate of drug-likeness (QED) is 0.403. The molecule has 0 aliphatic rings. The fourth-order valence-electron chi connectivity index (χ4n) is 1.21. The van der Waals surface area contributed by atoms with E-state index < -0.39 is 12.0 Å². The molecule has 0 unspecified atom stereocenters. The Morgan fingerprint density at radius 2 is 2.07 bits per heavy atom. The molecule has 1 aromatic carbocycles. The number of benzene rings is 1. The van der Waals surface area contributed by atoms with Crippen molar-refractivity contribution in [1.82, 2.24) is 0 Å². The van der Waals surface area contributed by atoms with Gasteiger partial charge in [0, 0.05) is 5.56 Å². The van der Waals surface area contributed by atoms with E-state index in [1.54, 1.807) is 13.0 Å². The number of carboxylic acids is 1. The first-order valence-corrected chi connectivity index (χ1v) is 4.01. The number of aryl methyl sites for hydroxylation is 1. The molecule has 6 N–H and O–H groups in total. The van der Waals surface area contributed by atoms with E-state index in [1.165, 1.54) is 6.07 Å². The molecule has 0 aliphatic carbocycles. The van der Waals surface area contributed by atoms with Crippen LogP contribution in [0.15, 0.2) is 12.1 Å². The van der Waals surface area contributed by atoms with Gasteiger partial charge in [0.1, 0.15) is 11.8 Å². The maximum atomic E-state index is 10.6. The largest absolute Gasteiger partial charge is 0.505 e. The molecular formula is C9H12N2O3. The first-order valence-electron chi connectivity index (χ1n) is 4.01. The highest BCUT2D eigenvalue weighted by Gasteiger charge is 2.19. The molecule has 0 radical (unpaired) electrons. The van der Waals surface area contributed by atoms with Gasteiger partial charge in [-0.3, -0.25) is 4.79 Å². The van der Waals surface area contributed by atoms with Crippen LogP contribution in [0.25, 0.3) is 0 Å². The van der Waals surface area contributed by atoms with Crippen molar-refractivity contribution in [1.29, 1.82) is 0 Å². The van der Waals surface area contributed by atoms with Crippen LogP contribution in [0.1, 0.15) is 17.2 Å². The van der Waals surface area contributed by atoms with E-state index in [-0.39, 0.29) is 17.0 Å². The number of anilines is 1. The summed E-state index contributed by atoms with van der Waals surface area (Å²) >= 11 is 0. The number of phenolic OH excluding ortho intramolecular Hbond substituents is 1. The summed E-state index contributed by atoms with van der Waals surface area (Å²) in [7, 11) is 0. The summed E-state index contributed by atoms with van der Waals surface area (Å²) in [5.41, 5.74) is 11.8. The third kappa shape index (κ3) is 1.77. The Balaban J connectivity index is 3.26. The predicted octanol–water partition coefficient (Wildman–Crippen LogP) is 0.367. The molecule has 76 valence electrons. The molecule has 0 aromatic heterocycles. The maximum absolute atomic E-state index is 10.6. The first kappa shape index (κ1) is 10.3. The lowest BCUT2D eigenvalue weighted by Crippen LogP contribution is -2.21. The number of nitrogen functional groups attached to an aromatic ring is 1. The molecule has 0 fully saturated rings. The normalized spacial score (nSPS) is 12.4. The maximum Gasteiger partial charge on any atom is 0.325 e. The summed E-state index contributed by atoms with van der Waals surface area (Å²) < 4.78 is 0. The minimum absolute atomic E-state index is 0.134. The number of hydrogen-bond acceptors (Lipinski definition) is 4. The van der Waals surface area contributed by atoms with E-state index in [0.717, 1.165) is 5.56 Å². The summed E-state index contributed by atoms with van der Waals surface area (Å²) in [5.74, 6) is -1.46. The van der Waals surface area contributed by atoms with E-state index in [9.17, 15) is 9.90 Å². The third-order valence-corrected chi connectivity index (χ3v) is 1.91. The Kier molecular flexibility index (Phi) is 2.62. The molecule has 0 spiro atoms. The Labute approximate surface area is 81.0 Å². The van der Waals surface area contributed by atoms with Crippen LogP contribution in [0, 0.1) is 6.92 Å². The lowest BCUT2D eigenvalue weighted by molar-refractivity contribution is -0.138. The molecule has 1 rings (SSSR count). The molecule has 0 bridgehead atoms. The number of aliphatic carboxylic acids is 1. The predicted molar refractivity (Wildman–Crippen MR) is 51.8 cm³/mol. The lowest BCUT2D eigenvalue weighted by atomic mass is 10.0. The number of carboxylic acid groups (broad SMARTS) is 1. The van der Waals surface area contributed by atoms with Gasteiger partial charge in [0.15, 0.2) is 0 Å². The molecule has 0 saturated heterocycles. The van der Waals surface area contributed by atoms with Crippen LogP contribution in [0.3, 0.4) is 0 Å². The highest BCUT2D eigenvalue weighted by Crippen LogP contribution is 2.30. The van der Waals surface area contributed by atoms with Crippen LogP contribution in [0.2, 0.25) is 0 Å². The van der Waals surface area contributed by atoms with Crippen molar-refractivity contribution in [3.05, 3.63) is 23.3 Å². The van der Waals surface area contributed by atoms with Gasteiger partial charge in [0.25, 0.3) is 0 Å². The van der Waals surface area contributed by atoms with Gasteiger partial charge in [-0.15, -0.1) is 0 Å². The van der Waals surface area contributed by atoms with Crippen LogP contribution < -0.4 is 11.5 Å². The Morgan fingerprint density at radius 3 is 2.57 bits per heavy atom. The number of phenols is 1. The minimum Gasteiger partial charge on any atom is -0.505 e. The van der Waals surface area contributed by atoms with Crippen LogP contribution in [0.5, 0.6) is 5.75 Å². The van der Waals surface area contributed by atoms with Crippen LogP contribution >= 0.6 is 0 Å². The molecule has 0 aliphatic heterocycles. The highest BCUT2D eigenvalue weighted by molar-refractivity contribution is 5.78. The summed E-state index contributed by atoms with van der Waals surface area (Å²) in [6.07, 6.45) is 0. The smallest absolute Gasteiger partial charge is 0.325 e. The van der Waals surface area contributed by atoms with Gasteiger partial charge >= 0.3 is 5.97 Å². The van der Waals surface area contributed by atoms with Gasteiger partial charge < -0.3 is 21.7 Å².